The van der Waals surface area contributed by atoms with Crippen LogP contribution >= 0.6 is 0 Å². The molecule has 4 rings (SSSR count). The predicted molar refractivity (Wildman–Crippen MR) is 228 cm³/mol. The molecule has 1 heterocycles. The Morgan fingerprint density at radius 3 is 1.85 bits per heavy atom. The highest BCUT2D eigenvalue weighted by Gasteiger charge is 2.56. The SMILES string of the molecule is C=C=C(C)C[C@H](CC[C@@H]1O[C@@H](C(O[Si](c2ccccc2)(c2ccccc2)C(C)(C)C)C(C(C)O)S(=O)(=O)c2ccccc2)CC1=C)O[Si](CC)(CC)CC. The van der Waals surface area contributed by atoms with Gasteiger partial charge in [0, 0.05) is 12.5 Å². The largest absolute Gasteiger partial charge is 0.414 e. The molecule has 0 amide bonds. The van der Waals surface area contributed by atoms with Crippen molar-refractivity contribution >= 4 is 36.8 Å². The molecular weight excluding hydrogens is 725 g/mol. The van der Waals surface area contributed by atoms with Gasteiger partial charge in [-0.15, -0.1) is 5.73 Å². The lowest BCUT2D eigenvalue weighted by atomic mass is 9.98. The van der Waals surface area contributed by atoms with Crippen molar-refractivity contribution in [2.75, 3.05) is 0 Å². The third-order valence-corrected chi connectivity index (χ3v) is 23.6. The first kappa shape index (κ1) is 43.9. The number of aliphatic hydroxyl groups is 1. The summed E-state index contributed by atoms with van der Waals surface area (Å²) in [5, 5.41) is 11.9. The molecule has 3 aromatic carbocycles. The molecule has 54 heavy (non-hydrogen) atoms. The van der Waals surface area contributed by atoms with Gasteiger partial charge in [0.2, 0.25) is 0 Å². The van der Waals surface area contributed by atoms with Gasteiger partial charge in [0.15, 0.2) is 18.2 Å². The Morgan fingerprint density at radius 2 is 1.41 bits per heavy atom. The molecule has 0 bridgehead atoms. The molecule has 0 spiro atoms. The van der Waals surface area contributed by atoms with Crippen molar-refractivity contribution in [3.8, 4) is 0 Å². The molecule has 6 atom stereocenters. The molecule has 6 nitrogen and oxygen atoms in total. The molecular formula is C45H64O6SSi2. The minimum atomic E-state index is -4.12. The molecule has 9 heteroatoms. The number of benzene rings is 3. The van der Waals surface area contributed by atoms with E-state index in [1.165, 1.54) is 0 Å². The molecule has 0 radical (unpaired) electrons. The van der Waals surface area contributed by atoms with Crippen LogP contribution < -0.4 is 10.4 Å². The van der Waals surface area contributed by atoms with Crippen molar-refractivity contribution in [3.05, 3.63) is 121 Å². The van der Waals surface area contributed by atoms with Gasteiger partial charge in [-0.2, -0.15) is 0 Å². The summed E-state index contributed by atoms with van der Waals surface area (Å²) >= 11 is 0. The van der Waals surface area contributed by atoms with Crippen LogP contribution in [0.2, 0.25) is 23.2 Å². The summed E-state index contributed by atoms with van der Waals surface area (Å²) < 4.78 is 51.2. The summed E-state index contributed by atoms with van der Waals surface area (Å²) in [4.78, 5) is 0.140. The summed E-state index contributed by atoms with van der Waals surface area (Å²) in [5.74, 6) is 0. The van der Waals surface area contributed by atoms with Crippen LogP contribution in [0.1, 0.15) is 81.1 Å². The van der Waals surface area contributed by atoms with E-state index in [0.29, 0.717) is 12.8 Å². The van der Waals surface area contributed by atoms with Gasteiger partial charge in [-0.1, -0.05) is 134 Å². The van der Waals surface area contributed by atoms with Gasteiger partial charge in [0.05, 0.1) is 29.3 Å². The van der Waals surface area contributed by atoms with E-state index in [1.807, 2.05) is 43.3 Å². The maximum absolute atomic E-state index is 14.8. The minimum absolute atomic E-state index is 0.00552. The second-order valence-corrected chi connectivity index (χ2v) is 27.1. The summed E-state index contributed by atoms with van der Waals surface area (Å²) in [5.41, 5.74) is 5.03. The van der Waals surface area contributed by atoms with Gasteiger partial charge in [0.25, 0.3) is 8.32 Å². The number of rotatable bonds is 19. The Morgan fingerprint density at radius 1 is 0.907 bits per heavy atom. The van der Waals surface area contributed by atoms with Crippen molar-refractivity contribution in [1.29, 1.82) is 0 Å². The maximum atomic E-state index is 14.8. The Balaban J connectivity index is 1.83. The summed E-state index contributed by atoms with van der Waals surface area (Å²) in [6.45, 7) is 25.2. The van der Waals surface area contributed by atoms with E-state index in [-0.39, 0.29) is 17.1 Å². The molecule has 1 N–H and O–H groups in total. The average molecular weight is 789 g/mol. The first-order valence-electron chi connectivity index (χ1n) is 19.7. The smallest absolute Gasteiger partial charge is 0.261 e. The van der Waals surface area contributed by atoms with E-state index >= 15 is 0 Å². The highest BCUT2D eigenvalue weighted by Crippen LogP contribution is 2.42. The van der Waals surface area contributed by atoms with Gasteiger partial charge in [-0.25, -0.2) is 8.42 Å². The zero-order valence-electron chi connectivity index (χ0n) is 33.9. The maximum Gasteiger partial charge on any atom is 0.261 e. The van der Waals surface area contributed by atoms with Crippen LogP contribution in [-0.4, -0.2) is 65.9 Å². The van der Waals surface area contributed by atoms with Gasteiger partial charge < -0.3 is 18.7 Å². The van der Waals surface area contributed by atoms with Crippen LogP contribution in [0.4, 0.5) is 0 Å². The number of sulfone groups is 1. The van der Waals surface area contributed by atoms with Crippen molar-refractivity contribution in [3.63, 3.8) is 0 Å². The first-order valence-corrected chi connectivity index (χ1v) is 25.7. The fraction of sp³-hybridized carbons (Fsp3) is 0.489. The van der Waals surface area contributed by atoms with Crippen molar-refractivity contribution in [2.24, 2.45) is 0 Å². The lowest BCUT2D eigenvalue weighted by molar-refractivity contribution is -0.0418. The predicted octanol–water partition coefficient (Wildman–Crippen LogP) is 9.16. The monoisotopic (exact) mass is 788 g/mol. The normalized spacial score (nSPS) is 19.2. The molecule has 1 fully saturated rings. The third kappa shape index (κ3) is 9.74. The van der Waals surface area contributed by atoms with Gasteiger partial charge in [0.1, 0.15) is 5.25 Å². The minimum Gasteiger partial charge on any atom is -0.414 e. The van der Waals surface area contributed by atoms with Crippen LogP contribution in [-0.2, 0) is 23.4 Å². The quantitative estimate of drug-likeness (QED) is 0.0742. The van der Waals surface area contributed by atoms with E-state index in [2.05, 4.69) is 84.7 Å². The van der Waals surface area contributed by atoms with Crippen molar-refractivity contribution in [2.45, 2.75) is 145 Å². The summed E-state index contributed by atoms with van der Waals surface area (Å²) in [6, 6.07) is 31.9. The molecule has 1 saturated heterocycles. The van der Waals surface area contributed by atoms with Crippen LogP contribution in [0, 0.1) is 0 Å². The first-order chi connectivity index (χ1) is 25.6. The standard InChI is InChI=1S/C45H64O6SSi2/c1-11-34(5)32-37(50-53(12-2,13-3)14-4)30-31-41-35(6)33-42(49-41)43(44(36(7)46)52(47,48)38-24-18-15-19-25-38)51-54(45(8,9)10,39-26-20-16-21-27-39)40-28-22-17-23-29-40/h15-29,36-37,41-44,46H,1,6,12-14,30-33H2,2-5,7-10H3/t36?,37-,41-,42+,43?,44?/m0/s1. The molecule has 294 valence electrons. The van der Waals surface area contributed by atoms with E-state index in [0.717, 1.165) is 52.5 Å². The third-order valence-electron chi connectivity index (χ3n) is 11.5. The fourth-order valence-corrected chi connectivity index (χ4v) is 17.9. The molecule has 3 unspecified atom stereocenters. The highest BCUT2D eigenvalue weighted by molar-refractivity contribution is 7.92. The zero-order valence-corrected chi connectivity index (χ0v) is 36.7. The Bertz CT molecular complexity index is 1750. The molecule has 0 saturated carbocycles. The van der Waals surface area contributed by atoms with E-state index in [9.17, 15) is 13.5 Å². The highest BCUT2D eigenvalue weighted by atomic mass is 32.2. The lowest BCUT2D eigenvalue weighted by Gasteiger charge is -2.47. The van der Waals surface area contributed by atoms with Crippen molar-refractivity contribution in [1.82, 2.24) is 0 Å². The fourth-order valence-electron chi connectivity index (χ4n) is 8.25. The Labute approximate surface area is 328 Å². The van der Waals surface area contributed by atoms with Crippen molar-refractivity contribution < 1.29 is 27.1 Å². The number of hydrogen-bond acceptors (Lipinski definition) is 6. The average Bonchev–Trinajstić information content (AvgIpc) is 3.54. The van der Waals surface area contributed by atoms with E-state index in [1.54, 1.807) is 37.3 Å². The van der Waals surface area contributed by atoms with Gasteiger partial charge >= 0.3 is 0 Å². The summed E-state index contributed by atoms with van der Waals surface area (Å²) in [6.07, 6.45) is -0.710. The summed E-state index contributed by atoms with van der Waals surface area (Å²) in [7, 11) is -9.36. The topological polar surface area (TPSA) is 82.1 Å². The second kappa shape index (κ2) is 18.9. The Hall–Kier alpha value is -2.86. The molecule has 3 aromatic rings. The van der Waals surface area contributed by atoms with E-state index < -0.39 is 55.1 Å². The zero-order chi connectivity index (χ0) is 39.7. The molecule has 1 aliphatic rings. The van der Waals surface area contributed by atoms with Gasteiger partial charge in [-0.3, -0.25) is 0 Å². The van der Waals surface area contributed by atoms with Crippen LogP contribution in [0.25, 0.3) is 0 Å². The molecule has 1 aliphatic heterocycles. The number of aliphatic hydroxyl groups excluding tert-OH is 1. The molecule has 0 aromatic heterocycles. The van der Waals surface area contributed by atoms with E-state index in [4.69, 9.17) is 13.6 Å². The second-order valence-electron chi connectivity index (χ2n) is 16.1. The Kier molecular flexibility index (Phi) is 15.3. The number of ether oxygens (including phenoxy) is 1. The van der Waals surface area contributed by atoms with Crippen LogP contribution in [0.5, 0.6) is 0 Å². The lowest BCUT2D eigenvalue weighted by Crippen LogP contribution is -2.70. The molecule has 0 aliphatic carbocycles. The number of hydrogen-bond donors (Lipinski definition) is 1. The van der Waals surface area contributed by atoms with Crippen LogP contribution in [0.15, 0.2) is 126 Å². The van der Waals surface area contributed by atoms with Gasteiger partial charge in [-0.05, 0) is 89.9 Å². The van der Waals surface area contributed by atoms with Crippen LogP contribution in [0.3, 0.4) is 0 Å².